The molecule has 1 fully saturated rings. The summed E-state index contributed by atoms with van der Waals surface area (Å²) in [7, 11) is 3.34. The molecule has 120 valence electrons. The van der Waals surface area contributed by atoms with Crippen LogP contribution in [0.2, 0.25) is 0 Å². The fourth-order valence-electron chi connectivity index (χ4n) is 3.02. The molecule has 0 atom stereocenters. The lowest BCUT2D eigenvalue weighted by Gasteiger charge is -2.23. The molecule has 0 N–H and O–H groups in total. The van der Waals surface area contributed by atoms with Gasteiger partial charge in [0, 0.05) is 24.4 Å². The first kappa shape index (κ1) is 15.5. The molecule has 1 aliphatic heterocycles. The molecule has 3 rings (SSSR count). The number of hydrogen-bond acceptors (Lipinski definition) is 3. The second-order valence-electron chi connectivity index (χ2n) is 5.70. The van der Waals surface area contributed by atoms with Crippen molar-refractivity contribution >= 4 is 11.8 Å². The summed E-state index contributed by atoms with van der Waals surface area (Å²) in [5, 5.41) is 0. The minimum Gasteiger partial charge on any atom is -0.493 e. The third kappa shape index (κ3) is 3.50. The molecule has 3 nitrogen and oxygen atoms in total. The summed E-state index contributed by atoms with van der Waals surface area (Å²) in [5.41, 5.74) is 3.62. The SMILES string of the molecule is COc1ccc(C(=Cc2ccccc2)N2CCCC2)cc1OC. The van der Waals surface area contributed by atoms with Gasteiger partial charge < -0.3 is 14.4 Å². The second-order valence-corrected chi connectivity index (χ2v) is 5.70. The van der Waals surface area contributed by atoms with Crippen LogP contribution in [0, 0.1) is 0 Å². The molecule has 1 aliphatic rings. The Morgan fingerprint density at radius 3 is 2.26 bits per heavy atom. The molecule has 0 saturated carbocycles. The summed E-state index contributed by atoms with van der Waals surface area (Å²) in [5.74, 6) is 1.53. The van der Waals surface area contributed by atoms with Crippen molar-refractivity contribution in [3.05, 3.63) is 59.7 Å². The summed E-state index contributed by atoms with van der Waals surface area (Å²) in [6.07, 6.45) is 4.76. The predicted molar refractivity (Wildman–Crippen MR) is 94.7 cm³/mol. The highest BCUT2D eigenvalue weighted by Crippen LogP contribution is 2.33. The number of methoxy groups -OCH3 is 2. The molecule has 0 bridgehead atoms. The molecule has 0 spiro atoms. The molecule has 0 radical (unpaired) electrons. The van der Waals surface area contributed by atoms with Crippen molar-refractivity contribution < 1.29 is 9.47 Å². The van der Waals surface area contributed by atoms with Gasteiger partial charge in [0.25, 0.3) is 0 Å². The van der Waals surface area contributed by atoms with Crippen LogP contribution < -0.4 is 9.47 Å². The zero-order valence-electron chi connectivity index (χ0n) is 13.8. The number of rotatable bonds is 5. The number of ether oxygens (including phenoxy) is 2. The van der Waals surface area contributed by atoms with Crippen molar-refractivity contribution in [3.63, 3.8) is 0 Å². The molecule has 0 aliphatic carbocycles. The highest BCUT2D eigenvalue weighted by molar-refractivity contribution is 5.81. The maximum absolute atomic E-state index is 5.47. The third-order valence-corrected chi connectivity index (χ3v) is 4.23. The summed E-state index contributed by atoms with van der Waals surface area (Å²) < 4.78 is 10.8. The zero-order chi connectivity index (χ0) is 16.1. The van der Waals surface area contributed by atoms with Gasteiger partial charge in [0.1, 0.15) is 0 Å². The normalized spacial score (nSPS) is 14.9. The van der Waals surface area contributed by atoms with E-state index < -0.39 is 0 Å². The van der Waals surface area contributed by atoms with Crippen LogP contribution in [0.25, 0.3) is 11.8 Å². The number of benzene rings is 2. The Morgan fingerprint density at radius 2 is 1.61 bits per heavy atom. The third-order valence-electron chi connectivity index (χ3n) is 4.23. The highest BCUT2D eigenvalue weighted by Gasteiger charge is 2.18. The Morgan fingerprint density at radius 1 is 0.913 bits per heavy atom. The second kappa shape index (κ2) is 7.23. The Balaban J connectivity index is 2.03. The Hall–Kier alpha value is -2.42. The number of likely N-dealkylation sites (tertiary alicyclic amines) is 1. The van der Waals surface area contributed by atoms with Crippen LogP contribution in [-0.4, -0.2) is 32.2 Å². The molecule has 2 aromatic rings. The van der Waals surface area contributed by atoms with E-state index in [1.807, 2.05) is 12.1 Å². The van der Waals surface area contributed by atoms with E-state index in [9.17, 15) is 0 Å². The van der Waals surface area contributed by atoms with Crippen LogP contribution >= 0.6 is 0 Å². The predicted octanol–water partition coefficient (Wildman–Crippen LogP) is 4.30. The molecule has 0 unspecified atom stereocenters. The van der Waals surface area contributed by atoms with E-state index in [4.69, 9.17) is 9.47 Å². The van der Waals surface area contributed by atoms with Crippen molar-refractivity contribution in [1.82, 2.24) is 4.90 Å². The Kier molecular flexibility index (Phi) is 4.86. The lowest BCUT2D eigenvalue weighted by molar-refractivity contribution is 0.354. The van der Waals surface area contributed by atoms with Crippen LogP contribution in [0.5, 0.6) is 11.5 Å². The largest absolute Gasteiger partial charge is 0.493 e. The molecular formula is C20H23NO2. The van der Waals surface area contributed by atoms with E-state index >= 15 is 0 Å². The highest BCUT2D eigenvalue weighted by atomic mass is 16.5. The lowest BCUT2D eigenvalue weighted by atomic mass is 10.1. The molecule has 3 heteroatoms. The number of nitrogens with zero attached hydrogens (tertiary/aromatic N) is 1. The summed E-state index contributed by atoms with van der Waals surface area (Å²) in [6.45, 7) is 2.21. The molecular weight excluding hydrogens is 286 g/mol. The standard InChI is InChI=1S/C20H23NO2/c1-22-19-11-10-17(15-20(19)23-2)18(21-12-6-7-13-21)14-16-8-4-3-5-9-16/h3-5,8-11,14-15H,6-7,12-13H2,1-2H3. The van der Waals surface area contributed by atoms with Crippen molar-refractivity contribution in [2.24, 2.45) is 0 Å². The van der Waals surface area contributed by atoms with E-state index in [0.717, 1.165) is 30.2 Å². The molecule has 2 aromatic carbocycles. The molecule has 0 aromatic heterocycles. The summed E-state index contributed by atoms with van der Waals surface area (Å²) >= 11 is 0. The summed E-state index contributed by atoms with van der Waals surface area (Å²) in [6, 6.07) is 16.6. The smallest absolute Gasteiger partial charge is 0.161 e. The average Bonchev–Trinajstić information content (AvgIpc) is 3.14. The fraction of sp³-hybridized carbons (Fsp3) is 0.300. The monoisotopic (exact) mass is 309 g/mol. The lowest BCUT2D eigenvalue weighted by Crippen LogP contribution is -2.17. The first-order chi connectivity index (χ1) is 11.3. The summed E-state index contributed by atoms with van der Waals surface area (Å²) in [4.78, 5) is 2.45. The van der Waals surface area contributed by atoms with Gasteiger partial charge in [-0.05, 0) is 42.7 Å². The van der Waals surface area contributed by atoms with Crippen LogP contribution in [-0.2, 0) is 0 Å². The van der Waals surface area contributed by atoms with E-state index in [-0.39, 0.29) is 0 Å². The Bertz CT molecular complexity index is 673. The fourth-order valence-corrected chi connectivity index (χ4v) is 3.02. The van der Waals surface area contributed by atoms with Crippen molar-refractivity contribution in [2.45, 2.75) is 12.8 Å². The average molecular weight is 309 g/mol. The first-order valence-corrected chi connectivity index (χ1v) is 8.06. The van der Waals surface area contributed by atoms with Crippen molar-refractivity contribution in [2.75, 3.05) is 27.3 Å². The van der Waals surface area contributed by atoms with Crippen molar-refractivity contribution in [1.29, 1.82) is 0 Å². The van der Waals surface area contributed by atoms with Gasteiger partial charge in [0.2, 0.25) is 0 Å². The van der Waals surface area contributed by atoms with Gasteiger partial charge in [0.05, 0.1) is 14.2 Å². The van der Waals surface area contributed by atoms with Crippen LogP contribution in [0.3, 0.4) is 0 Å². The van der Waals surface area contributed by atoms with Gasteiger partial charge in [-0.25, -0.2) is 0 Å². The van der Waals surface area contributed by atoms with Gasteiger partial charge in [0.15, 0.2) is 11.5 Å². The molecule has 0 amide bonds. The van der Waals surface area contributed by atoms with Crippen LogP contribution in [0.15, 0.2) is 48.5 Å². The van der Waals surface area contributed by atoms with E-state index in [2.05, 4.69) is 47.4 Å². The molecule has 1 saturated heterocycles. The van der Waals surface area contributed by atoms with Crippen LogP contribution in [0.1, 0.15) is 24.0 Å². The van der Waals surface area contributed by atoms with Crippen LogP contribution in [0.4, 0.5) is 0 Å². The van der Waals surface area contributed by atoms with E-state index in [0.29, 0.717) is 0 Å². The van der Waals surface area contributed by atoms with Crippen molar-refractivity contribution in [3.8, 4) is 11.5 Å². The minimum absolute atomic E-state index is 0.761. The van der Waals surface area contributed by atoms with Gasteiger partial charge >= 0.3 is 0 Å². The zero-order valence-corrected chi connectivity index (χ0v) is 13.8. The van der Waals surface area contributed by atoms with Gasteiger partial charge in [-0.1, -0.05) is 30.3 Å². The van der Waals surface area contributed by atoms with Gasteiger partial charge in [-0.15, -0.1) is 0 Å². The maximum Gasteiger partial charge on any atom is 0.161 e. The minimum atomic E-state index is 0.761. The van der Waals surface area contributed by atoms with Gasteiger partial charge in [-0.3, -0.25) is 0 Å². The maximum atomic E-state index is 5.47. The van der Waals surface area contributed by atoms with E-state index in [1.165, 1.54) is 24.1 Å². The quantitative estimate of drug-likeness (QED) is 0.769. The Labute approximate surface area is 138 Å². The first-order valence-electron chi connectivity index (χ1n) is 8.06. The molecule has 23 heavy (non-hydrogen) atoms. The number of hydrogen-bond donors (Lipinski definition) is 0. The van der Waals surface area contributed by atoms with E-state index in [1.54, 1.807) is 14.2 Å². The molecule has 1 heterocycles. The van der Waals surface area contributed by atoms with Gasteiger partial charge in [-0.2, -0.15) is 0 Å². The topological polar surface area (TPSA) is 21.7 Å².